The van der Waals surface area contributed by atoms with Crippen molar-refractivity contribution in [3.8, 4) is 0 Å². The van der Waals surface area contributed by atoms with Crippen LogP contribution in [0.2, 0.25) is 0 Å². The van der Waals surface area contributed by atoms with Gasteiger partial charge >= 0.3 is 5.97 Å². The normalized spacial score (nSPS) is 10.6. The molecule has 0 amide bonds. The molecule has 3 aromatic rings. The number of thioether (sulfide) groups is 1. The van der Waals surface area contributed by atoms with E-state index in [1.807, 2.05) is 36.4 Å². The van der Waals surface area contributed by atoms with Crippen LogP contribution in [0.1, 0.15) is 6.92 Å². The lowest BCUT2D eigenvalue weighted by atomic mass is 10.2. The molecule has 0 aliphatic heterocycles. The van der Waals surface area contributed by atoms with E-state index in [0.717, 1.165) is 17.4 Å². The molecule has 0 atom stereocenters. The van der Waals surface area contributed by atoms with E-state index < -0.39 is 0 Å². The summed E-state index contributed by atoms with van der Waals surface area (Å²) in [7, 11) is 0. The Hall–Kier alpha value is -2.80. The molecule has 1 aromatic heterocycles. The number of anilines is 1. The number of nitrogens with one attached hydrogen (secondary N) is 1. The maximum atomic E-state index is 12.9. The van der Waals surface area contributed by atoms with Crippen LogP contribution in [0.3, 0.4) is 0 Å². The van der Waals surface area contributed by atoms with Crippen molar-refractivity contribution in [1.82, 2.24) is 9.66 Å². The standard InChI is InChI=1S/C18H17N3O3S/c1-2-24-16(22)12-25-18-19-15-11-7-6-10-14(15)17(23)21(18)20-13-8-4-3-5-9-13/h3-11,20H,2,12H2,1H3. The zero-order chi connectivity index (χ0) is 17.6. The van der Waals surface area contributed by atoms with Gasteiger partial charge in [0.25, 0.3) is 5.56 Å². The van der Waals surface area contributed by atoms with E-state index in [2.05, 4.69) is 10.4 Å². The summed E-state index contributed by atoms with van der Waals surface area (Å²) in [6.45, 7) is 2.07. The molecular formula is C18H17N3O3S. The first-order valence-corrected chi connectivity index (χ1v) is 8.80. The molecule has 128 valence electrons. The van der Waals surface area contributed by atoms with Crippen LogP contribution < -0.4 is 11.0 Å². The van der Waals surface area contributed by atoms with Crippen molar-refractivity contribution >= 4 is 34.3 Å². The Morgan fingerprint density at radius 3 is 2.64 bits per heavy atom. The van der Waals surface area contributed by atoms with Crippen LogP contribution in [-0.2, 0) is 9.53 Å². The van der Waals surface area contributed by atoms with E-state index in [4.69, 9.17) is 4.74 Å². The van der Waals surface area contributed by atoms with Gasteiger partial charge in [-0.3, -0.25) is 15.0 Å². The molecule has 0 bridgehead atoms. The summed E-state index contributed by atoms with van der Waals surface area (Å²) in [4.78, 5) is 29.0. The number of benzene rings is 2. The van der Waals surface area contributed by atoms with Crippen molar-refractivity contribution in [3.63, 3.8) is 0 Å². The average molecular weight is 355 g/mol. The Balaban J connectivity index is 2.01. The monoisotopic (exact) mass is 355 g/mol. The van der Waals surface area contributed by atoms with Gasteiger partial charge in [0.1, 0.15) is 0 Å². The Labute approximate surface area is 148 Å². The molecule has 0 fully saturated rings. The number of carbonyl (C=O) groups excluding carboxylic acids is 1. The topological polar surface area (TPSA) is 73.2 Å². The molecule has 3 rings (SSSR count). The van der Waals surface area contributed by atoms with E-state index >= 15 is 0 Å². The summed E-state index contributed by atoms with van der Waals surface area (Å²) in [5.74, 6) is -0.268. The number of rotatable bonds is 6. The summed E-state index contributed by atoms with van der Waals surface area (Å²) in [6.07, 6.45) is 0. The van der Waals surface area contributed by atoms with Gasteiger partial charge in [-0.2, -0.15) is 4.68 Å². The van der Waals surface area contributed by atoms with Crippen molar-refractivity contribution in [2.24, 2.45) is 0 Å². The van der Waals surface area contributed by atoms with Crippen molar-refractivity contribution in [3.05, 3.63) is 65.0 Å². The summed E-state index contributed by atoms with van der Waals surface area (Å²) in [5.41, 5.74) is 4.17. The third-order valence-electron chi connectivity index (χ3n) is 3.38. The lowest BCUT2D eigenvalue weighted by Gasteiger charge is -2.14. The number of carbonyl (C=O) groups is 1. The lowest BCUT2D eigenvalue weighted by Crippen LogP contribution is -2.29. The molecular weight excluding hydrogens is 338 g/mol. The van der Waals surface area contributed by atoms with Gasteiger partial charge in [0, 0.05) is 0 Å². The highest BCUT2D eigenvalue weighted by molar-refractivity contribution is 7.99. The predicted molar refractivity (Wildman–Crippen MR) is 98.8 cm³/mol. The maximum absolute atomic E-state index is 12.9. The van der Waals surface area contributed by atoms with Gasteiger partial charge in [0.2, 0.25) is 0 Å². The van der Waals surface area contributed by atoms with Crippen molar-refractivity contribution in [1.29, 1.82) is 0 Å². The molecule has 1 N–H and O–H groups in total. The number of aromatic nitrogens is 2. The Bertz CT molecular complexity index is 941. The molecule has 25 heavy (non-hydrogen) atoms. The molecule has 6 nitrogen and oxygen atoms in total. The second-order valence-corrected chi connectivity index (χ2v) is 6.07. The second kappa shape index (κ2) is 7.85. The van der Waals surface area contributed by atoms with Crippen molar-refractivity contribution in [2.75, 3.05) is 17.8 Å². The Morgan fingerprint density at radius 1 is 1.16 bits per heavy atom. The average Bonchev–Trinajstić information content (AvgIpc) is 2.64. The van der Waals surface area contributed by atoms with Gasteiger partial charge in [-0.1, -0.05) is 42.1 Å². The first-order chi connectivity index (χ1) is 12.2. The number of nitrogens with zero attached hydrogens (tertiary/aromatic N) is 2. The summed E-state index contributed by atoms with van der Waals surface area (Å²) >= 11 is 1.16. The molecule has 1 heterocycles. The van der Waals surface area contributed by atoms with Gasteiger partial charge in [-0.05, 0) is 31.2 Å². The van der Waals surface area contributed by atoms with E-state index in [-0.39, 0.29) is 17.3 Å². The van der Waals surface area contributed by atoms with Gasteiger partial charge in [0.15, 0.2) is 5.16 Å². The highest BCUT2D eigenvalue weighted by Gasteiger charge is 2.14. The smallest absolute Gasteiger partial charge is 0.316 e. The van der Waals surface area contributed by atoms with Crippen LogP contribution in [0.25, 0.3) is 10.9 Å². The minimum Gasteiger partial charge on any atom is -0.465 e. The highest BCUT2D eigenvalue weighted by Crippen LogP contribution is 2.18. The number of esters is 1. The number of fused-ring (bicyclic) bond motifs is 1. The molecule has 0 saturated heterocycles. The number of hydrogen-bond acceptors (Lipinski definition) is 6. The molecule has 0 aliphatic carbocycles. The van der Waals surface area contributed by atoms with Gasteiger partial charge in [-0.25, -0.2) is 4.98 Å². The predicted octanol–water partition coefficient (Wildman–Crippen LogP) is 2.93. The quantitative estimate of drug-likeness (QED) is 0.416. The molecule has 2 aromatic carbocycles. The fraction of sp³-hybridized carbons (Fsp3) is 0.167. The molecule has 7 heteroatoms. The Kier molecular flexibility index (Phi) is 5.35. The van der Waals surface area contributed by atoms with Crippen molar-refractivity contribution < 1.29 is 9.53 Å². The van der Waals surface area contributed by atoms with Gasteiger partial charge < -0.3 is 4.74 Å². The maximum Gasteiger partial charge on any atom is 0.316 e. The van der Waals surface area contributed by atoms with Crippen LogP contribution in [0, 0.1) is 0 Å². The number of ether oxygens (including phenoxy) is 1. The SMILES string of the molecule is CCOC(=O)CSc1nc2ccccc2c(=O)n1Nc1ccccc1. The van der Waals surface area contributed by atoms with E-state index in [1.165, 1.54) is 4.68 Å². The van der Waals surface area contributed by atoms with Crippen LogP contribution in [0.15, 0.2) is 64.5 Å². The summed E-state index contributed by atoms with van der Waals surface area (Å²) in [5, 5.41) is 0.909. The number of para-hydroxylation sites is 2. The first-order valence-electron chi connectivity index (χ1n) is 7.81. The molecule has 0 saturated carbocycles. The zero-order valence-corrected chi connectivity index (χ0v) is 14.5. The van der Waals surface area contributed by atoms with Gasteiger partial charge in [0.05, 0.1) is 29.0 Å². The van der Waals surface area contributed by atoms with Gasteiger partial charge in [-0.15, -0.1) is 0 Å². The minimum atomic E-state index is -0.346. The molecule has 0 spiro atoms. The second-order valence-electron chi connectivity index (χ2n) is 5.12. The summed E-state index contributed by atoms with van der Waals surface area (Å²) < 4.78 is 6.31. The fourth-order valence-corrected chi connectivity index (χ4v) is 3.03. The number of hydrogen-bond donors (Lipinski definition) is 1. The van der Waals surface area contributed by atoms with E-state index in [1.54, 1.807) is 25.1 Å². The fourth-order valence-electron chi connectivity index (χ4n) is 2.28. The van der Waals surface area contributed by atoms with Crippen LogP contribution in [-0.4, -0.2) is 28.0 Å². The third-order valence-corrected chi connectivity index (χ3v) is 4.30. The molecule has 0 unspecified atom stereocenters. The molecule has 0 radical (unpaired) electrons. The van der Waals surface area contributed by atoms with E-state index in [0.29, 0.717) is 22.7 Å². The minimum absolute atomic E-state index is 0.0785. The van der Waals surface area contributed by atoms with Crippen LogP contribution in [0.5, 0.6) is 0 Å². The first kappa shape index (κ1) is 17.0. The largest absolute Gasteiger partial charge is 0.465 e. The lowest BCUT2D eigenvalue weighted by molar-refractivity contribution is -0.139. The van der Waals surface area contributed by atoms with E-state index in [9.17, 15) is 9.59 Å². The van der Waals surface area contributed by atoms with Crippen LogP contribution in [0.4, 0.5) is 5.69 Å². The Morgan fingerprint density at radius 2 is 1.88 bits per heavy atom. The highest BCUT2D eigenvalue weighted by atomic mass is 32.2. The third kappa shape index (κ3) is 4.00. The molecule has 0 aliphatic rings. The summed E-state index contributed by atoms with van der Waals surface area (Å²) in [6, 6.07) is 16.4. The zero-order valence-electron chi connectivity index (χ0n) is 13.6. The van der Waals surface area contributed by atoms with Crippen LogP contribution >= 0.6 is 11.8 Å². The van der Waals surface area contributed by atoms with Crippen molar-refractivity contribution in [2.45, 2.75) is 12.1 Å².